The number of aromatic nitrogens is 1. The van der Waals surface area contributed by atoms with Gasteiger partial charge in [-0.05, 0) is 80.8 Å². The summed E-state index contributed by atoms with van der Waals surface area (Å²) in [6.07, 6.45) is 2.98. The number of carboxylic acids is 1. The number of carboxylic acid groups (broad SMARTS) is 1. The number of nitrogens with one attached hydrogen (secondary N) is 1. The molecule has 4 fully saturated rings. The van der Waals surface area contributed by atoms with E-state index in [1.54, 1.807) is 0 Å². The van der Waals surface area contributed by atoms with Crippen molar-refractivity contribution >= 4 is 16.9 Å². The number of halogens is 3. The Morgan fingerprint density at radius 1 is 1.21 bits per heavy atom. The van der Waals surface area contributed by atoms with Gasteiger partial charge in [0.25, 0.3) is 0 Å². The van der Waals surface area contributed by atoms with Crippen molar-refractivity contribution in [3.63, 3.8) is 0 Å². The molecule has 4 aliphatic carbocycles. The summed E-state index contributed by atoms with van der Waals surface area (Å²) in [4.78, 5) is 16.9. The van der Waals surface area contributed by atoms with Crippen LogP contribution in [0.3, 0.4) is 0 Å². The third kappa shape index (κ3) is 3.42. The molecule has 7 rings (SSSR count). The molecule has 2 aromatic rings. The first kappa shape index (κ1) is 22.2. The maximum Gasteiger partial charge on any atom is 0.395 e. The first-order valence-electron chi connectivity index (χ1n) is 12.5. The molecule has 2 heterocycles. The maximum absolute atomic E-state index is 14.0. The molecule has 0 saturated heterocycles. The minimum atomic E-state index is -4.18. The summed E-state index contributed by atoms with van der Waals surface area (Å²) in [5, 5.41) is 10.3. The lowest BCUT2D eigenvalue weighted by Crippen LogP contribution is -2.54. The number of para-hydroxylation sites is 1. The quantitative estimate of drug-likeness (QED) is 0.517. The van der Waals surface area contributed by atoms with Crippen molar-refractivity contribution in [3.05, 3.63) is 47.7 Å². The summed E-state index contributed by atoms with van der Waals surface area (Å²) in [7, 11) is 0. The summed E-state index contributed by atoms with van der Waals surface area (Å²) in [5.74, 6) is 0.434. The normalized spacial score (nSPS) is 34.7. The Morgan fingerprint density at radius 3 is 2.62 bits per heavy atom. The fraction of sp³-hybridized carbons (Fsp3) is 0.593. The maximum atomic E-state index is 14.0. The molecule has 7 heteroatoms. The molecule has 182 valence electrons. The van der Waals surface area contributed by atoms with Crippen molar-refractivity contribution in [2.75, 3.05) is 6.54 Å². The molecule has 4 nitrogen and oxygen atoms in total. The molecular formula is C27H31F3N2O2. The van der Waals surface area contributed by atoms with Gasteiger partial charge in [-0.3, -0.25) is 4.90 Å². The largest absolute Gasteiger partial charge is 0.478 e. The zero-order valence-corrected chi connectivity index (χ0v) is 19.3. The lowest BCUT2D eigenvalue weighted by Gasteiger charge is -2.56. The molecule has 2 bridgehead atoms. The van der Waals surface area contributed by atoms with Gasteiger partial charge in [-0.1, -0.05) is 24.3 Å². The van der Waals surface area contributed by atoms with Crippen LogP contribution in [-0.2, 0) is 11.2 Å². The number of benzene rings is 1. The molecule has 1 aromatic carbocycles. The summed E-state index contributed by atoms with van der Waals surface area (Å²) < 4.78 is 42.1. The van der Waals surface area contributed by atoms with Gasteiger partial charge in [-0.25, -0.2) is 4.79 Å². The molecule has 4 unspecified atom stereocenters. The molecular weight excluding hydrogens is 441 g/mol. The number of alkyl halides is 3. The van der Waals surface area contributed by atoms with Crippen LogP contribution in [0.1, 0.15) is 56.3 Å². The van der Waals surface area contributed by atoms with Crippen LogP contribution in [0.5, 0.6) is 0 Å². The summed E-state index contributed by atoms with van der Waals surface area (Å²) in [5.41, 5.74) is 1.81. The fourth-order valence-corrected chi connectivity index (χ4v) is 7.23. The predicted molar refractivity (Wildman–Crippen MR) is 123 cm³/mol. The second-order valence-electron chi connectivity index (χ2n) is 11.3. The van der Waals surface area contributed by atoms with Gasteiger partial charge < -0.3 is 10.1 Å². The van der Waals surface area contributed by atoms with Crippen molar-refractivity contribution in [2.24, 2.45) is 29.1 Å². The van der Waals surface area contributed by atoms with E-state index < -0.39 is 17.6 Å². The van der Waals surface area contributed by atoms with E-state index in [2.05, 4.69) is 28.9 Å². The number of hydrogen-bond acceptors (Lipinski definition) is 2. The van der Waals surface area contributed by atoms with E-state index in [4.69, 9.17) is 5.11 Å². The summed E-state index contributed by atoms with van der Waals surface area (Å²) in [6, 6.07) is 8.10. The molecule has 5 aliphatic rings. The number of fused-ring (bicyclic) bond motifs is 5. The fourth-order valence-electron chi connectivity index (χ4n) is 7.23. The van der Waals surface area contributed by atoms with Crippen LogP contribution in [0.25, 0.3) is 10.9 Å². The predicted octanol–water partition coefficient (Wildman–Crippen LogP) is 6.10. The number of rotatable bonds is 5. The highest BCUT2D eigenvalue weighted by molar-refractivity contribution is 5.85. The van der Waals surface area contributed by atoms with Crippen molar-refractivity contribution < 1.29 is 23.1 Å². The van der Waals surface area contributed by atoms with E-state index in [0.29, 0.717) is 11.8 Å². The summed E-state index contributed by atoms with van der Waals surface area (Å²) >= 11 is 0. The lowest BCUT2D eigenvalue weighted by molar-refractivity contribution is -0.198. The number of aromatic amines is 1. The molecule has 4 saturated carbocycles. The van der Waals surface area contributed by atoms with Crippen LogP contribution in [0, 0.1) is 29.1 Å². The van der Waals surface area contributed by atoms with Gasteiger partial charge in [0.15, 0.2) is 0 Å². The van der Waals surface area contributed by atoms with Crippen molar-refractivity contribution in [2.45, 2.75) is 63.7 Å². The average molecular weight is 473 g/mol. The SMILES string of the molecule is CC1Cc2c([nH]c3ccccc23)C(C2CC(/C=C/C(=O)O)C3CC2C3)N1CC1(C(F)(F)F)CC1. The monoisotopic (exact) mass is 472 g/mol. The smallest absolute Gasteiger partial charge is 0.395 e. The average Bonchev–Trinajstić information content (AvgIpc) is 3.47. The van der Waals surface area contributed by atoms with E-state index in [0.717, 1.165) is 36.9 Å². The Labute approximate surface area is 197 Å². The van der Waals surface area contributed by atoms with Gasteiger partial charge in [0.1, 0.15) is 0 Å². The van der Waals surface area contributed by atoms with E-state index in [1.807, 2.05) is 18.2 Å². The topological polar surface area (TPSA) is 56.3 Å². The third-order valence-corrected chi connectivity index (χ3v) is 9.36. The van der Waals surface area contributed by atoms with Crippen molar-refractivity contribution in [3.8, 4) is 0 Å². The van der Waals surface area contributed by atoms with E-state index >= 15 is 0 Å². The first-order chi connectivity index (χ1) is 16.2. The van der Waals surface area contributed by atoms with Gasteiger partial charge in [0.05, 0.1) is 11.5 Å². The molecule has 4 atom stereocenters. The Kier molecular flexibility index (Phi) is 4.97. The minimum Gasteiger partial charge on any atom is -0.478 e. The molecule has 1 aliphatic heterocycles. The number of aliphatic carboxylic acids is 1. The number of H-pyrrole nitrogens is 1. The van der Waals surface area contributed by atoms with Crippen LogP contribution in [0.2, 0.25) is 0 Å². The lowest BCUT2D eigenvalue weighted by atomic mass is 9.53. The highest BCUT2D eigenvalue weighted by Crippen LogP contribution is 2.62. The molecule has 0 radical (unpaired) electrons. The molecule has 2 N–H and O–H groups in total. The molecule has 34 heavy (non-hydrogen) atoms. The standard InChI is InChI=1S/C27H31F3N2O2/c1-15-10-21-19-4-2-3-5-22(19)31-24(21)25(32(15)14-26(8-9-26)27(28,29)30)20-13-16(6-7-23(33)34)17-11-18(20)12-17/h2-7,15-18,20,25,31H,8-14H2,1H3,(H,33,34)/b7-6+. The number of hydrogen-bond donors (Lipinski definition) is 2. The highest BCUT2D eigenvalue weighted by atomic mass is 19.4. The van der Waals surface area contributed by atoms with Gasteiger partial charge in [-0.2, -0.15) is 13.2 Å². The first-order valence-corrected chi connectivity index (χ1v) is 12.5. The number of nitrogens with zero attached hydrogens (tertiary/aromatic N) is 1. The highest BCUT2D eigenvalue weighted by Gasteiger charge is 2.65. The Morgan fingerprint density at radius 2 is 1.94 bits per heavy atom. The van der Waals surface area contributed by atoms with Crippen LogP contribution in [0.4, 0.5) is 13.2 Å². The van der Waals surface area contributed by atoms with Crippen LogP contribution >= 0.6 is 0 Å². The van der Waals surface area contributed by atoms with E-state index in [-0.39, 0.29) is 43.3 Å². The molecule has 0 amide bonds. The Hall–Kier alpha value is -2.28. The number of allylic oxidation sites excluding steroid dienone is 1. The molecule has 0 spiro atoms. The van der Waals surface area contributed by atoms with Crippen molar-refractivity contribution in [1.82, 2.24) is 9.88 Å². The third-order valence-electron chi connectivity index (χ3n) is 9.36. The minimum absolute atomic E-state index is 0.0161. The van der Waals surface area contributed by atoms with Crippen molar-refractivity contribution in [1.29, 1.82) is 0 Å². The summed E-state index contributed by atoms with van der Waals surface area (Å²) in [6.45, 7) is 2.14. The Balaban J connectivity index is 1.41. The van der Waals surface area contributed by atoms with E-state index in [1.165, 1.54) is 17.0 Å². The van der Waals surface area contributed by atoms with Gasteiger partial charge in [-0.15, -0.1) is 0 Å². The van der Waals surface area contributed by atoms with Gasteiger partial charge in [0.2, 0.25) is 0 Å². The van der Waals surface area contributed by atoms with Gasteiger partial charge >= 0.3 is 12.1 Å². The zero-order chi connectivity index (χ0) is 23.8. The number of carbonyl (C=O) groups is 1. The van der Waals surface area contributed by atoms with Crippen LogP contribution in [0.15, 0.2) is 36.4 Å². The van der Waals surface area contributed by atoms with E-state index in [9.17, 15) is 18.0 Å². The van der Waals surface area contributed by atoms with Crippen LogP contribution in [-0.4, -0.2) is 39.7 Å². The van der Waals surface area contributed by atoms with Crippen LogP contribution < -0.4 is 0 Å². The molecule has 1 aromatic heterocycles. The Bertz CT molecular complexity index is 1140. The second kappa shape index (κ2) is 7.61. The second-order valence-corrected chi connectivity index (χ2v) is 11.3. The van der Waals surface area contributed by atoms with Gasteiger partial charge in [0, 0.05) is 35.3 Å². The zero-order valence-electron chi connectivity index (χ0n) is 19.3.